The molecule has 0 fully saturated rings. The van der Waals surface area contributed by atoms with Gasteiger partial charge in [-0.2, -0.15) is 0 Å². The van der Waals surface area contributed by atoms with E-state index in [1.54, 1.807) is 12.1 Å². The van der Waals surface area contributed by atoms with Crippen molar-refractivity contribution < 1.29 is 9.18 Å². The first kappa shape index (κ1) is 14.7. The monoisotopic (exact) mass is 314 g/mol. The van der Waals surface area contributed by atoms with E-state index < -0.39 is 11.7 Å². The van der Waals surface area contributed by atoms with Gasteiger partial charge in [0.1, 0.15) is 5.82 Å². The molecular weight excluding hydrogens is 299 g/mol. The summed E-state index contributed by atoms with van der Waals surface area (Å²) in [6.45, 7) is 0.743. The average Bonchev–Trinajstić information content (AvgIpc) is 2.54. The van der Waals surface area contributed by atoms with E-state index in [0.29, 0.717) is 5.11 Å². The number of halogens is 1. The van der Waals surface area contributed by atoms with Gasteiger partial charge in [-0.1, -0.05) is 30.3 Å². The molecule has 0 aliphatic carbocycles. The third kappa shape index (κ3) is 2.85. The van der Waals surface area contributed by atoms with Crippen molar-refractivity contribution in [3.05, 3.63) is 65.5 Å². The fourth-order valence-corrected chi connectivity index (χ4v) is 2.90. The van der Waals surface area contributed by atoms with Crippen LogP contribution in [0.1, 0.15) is 22.3 Å². The van der Waals surface area contributed by atoms with Crippen molar-refractivity contribution in [1.82, 2.24) is 5.32 Å². The molecule has 0 aromatic heterocycles. The molecule has 22 heavy (non-hydrogen) atoms. The lowest BCUT2D eigenvalue weighted by Crippen LogP contribution is -2.45. The summed E-state index contributed by atoms with van der Waals surface area (Å²) in [7, 11) is 0. The normalized spacial score (nSPS) is 13.4. The highest BCUT2D eigenvalue weighted by Crippen LogP contribution is 2.26. The van der Waals surface area contributed by atoms with Crippen LogP contribution in [0.4, 0.5) is 10.1 Å². The maximum absolute atomic E-state index is 13.7. The molecule has 1 aliphatic rings. The molecule has 112 valence electrons. The largest absolute Gasteiger partial charge is 0.318 e. The predicted molar refractivity (Wildman–Crippen MR) is 88.6 cm³/mol. The zero-order valence-electron chi connectivity index (χ0n) is 11.9. The Hall–Kier alpha value is -2.27. The molecule has 0 unspecified atom stereocenters. The zero-order chi connectivity index (χ0) is 15.5. The third-order valence-electron chi connectivity index (χ3n) is 3.69. The number of benzene rings is 2. The molecule has 0 bridgehead atoms. The van der Waals surface area contributed by atoms with Crippen LogP contribution in [0.25, 0.3) is 0 Å². The molecule has 1 N–H and O–H groups in total. The van der Waals surface area contributed by atoms with E-state index in [0.717, 1.165) is 25.1 Å². The zero-order valence-corrected chi connectivity index (χ0v) is 12.7. The molecule has 3 nitrogen and oxygen atoms in total. The van der Waals surface area contributed by atoms with E-state index in [1.807, 2.05) is 23.1 Å². The van der Waals surface area contributed by atoms with Crippen molar-refractivity contribution in [2.24, 2.45) is 0 Å². The summed E-state index contributed by atoms with van der Waals surface area (Å²) in [6.07, 6.45) is 1.96. The van der Waals surface area contributed by atoms with Crippen LogP contribution in [0.3, 0.4) is 0 Å². The second-order valence-electron chi connectivity index (χ2n) is 5.12. The number of para-hydroxylation sites is 1. The van der Waals surface area contributed by atoms with Gasteiger partial charge < -0.3 is 4.90 Å². The molecule has 0 spiro atoms. The van der Waals surface area contributed by atoms with Gasteiger partial charge >= 0.3 is 0 Å². The number of anilines is 1. The minimum absolute atomic E-state index is 0.00450. The van der Waals surface area contributed by atoms with Crippen molar-refractivity contribution in [3.63, 3.8) is 0 Å². The summed E-state index contributed by atoms with van der Waals surface area (Å²) in [5, 5.41) is 2.93. The van der Waals surface area contributed by atoms with E-state index >= 15 is 0 Å². The first-order chi connectivity index (χ1) is 10.7. The summed E-state index contributed by atoms with van der Waals surface area (Å²) in [5.74, 6) is -1.08. The Balaban J connectivity index is 1.79. The van der Waals surface area contributed by atoms with Crippen LogP contribution in [0.2, 0.25) is 0 Å². The van der Waals surface area contributed by atoms with Crippen LogP contribution in [-0.2, 0) is 6.42 Å². The summed E-state index contributed by atoms with van der Waals surface area (Å²) in [6, 6.07) is 13.8. The molecule has 0 atom stereocenters. The van der Waals surface area contributed by atoms with Crippen LogP contribution in [0.15, 0.2) is 48.5 Å². The molecule has 0 radical (unpaired) electrons. The Morgan fingerprint density at radius 3 is 2.68 bits per heavy atom. The van der Waals surface area contributed by atoms with Crippen molar-refractivity contribution in [2.45, 2.75) is 12.8 Å². The molecule has 2 aromatic rings. The Labute approximate surface area is 133 Å². The van der Waals surface area contributed by atoms with Gasteiger partial charge in [-0.25, -0.2) is 4.39 Å². The van der Waals surface area contributed by atoms with Crippen LogP contribution in [-0.4, -0.2) is 17.6 Å². The van der Waals surface area contributed by atoms with Crippen LogP contribution >= 0.6 is 12.2 Å². The Morgan fingerprint density at radius 1 is 1.14 bits per heavy atom. The number of aryl methyl sites for hydroxylation is 1. The minimum atomic E-state index is -0.554. The fourth-order valence-electron chi connectivity index (χ4n) is 2.62. The number of amides is 1. The summed E-state index contributed by atoms with van der Waals surface area (Å²) >= 11 is 5.34. The van der Waals surface area contributed by atoms with E-state index in [4.69, 9.17) is 12.2 Å². The lowest BCUT2D eigenvalue weighted by Gasteiger charge is -2.31. The molecule has 2 aromatic carbocycles. The molecule has 3 rings (SSSR count). The SMILES string of the molecule is O=C(NC(=S)N1CCCc2ccccc21)c1ccccc1F. The quantitative estimate of drug-likeness (QED) is 0.820. The summed E-state index contributed by atoms with van der Waals surface area (Å²) in [5.41, 5.74) is 2.21. The standard InChI is InChI=1S/C17H15FN2OS/c18-14-9-3-2-8-13(14)16(21)19-17(22)20-11-5-7-12-6-1-4-10-15(12)20/h1-4,6,8-10H,5,7,11H2,(H,19,21,22). The Morgan fingerprint density at radius 2 is 1.86 bits per heavy atom. The van der Waals surface area contributed by atoms with Gasteiger partial charge in [0, 0.05) is 12.2 Å². The van der Waals surface area contributed by atoms with Crippen molar-refractivity contribution >= 4 is 28.9 Å². The number of rotatable bonds is 1. The topological polar surface area (TPSA) is 32.3 Å². The lowest BCUT2D eigenvalue weighted by atomic mass is 10.0. The van der Waals surface area contributed by atoms with Crippen molar-refractivity contribution in [3.8, 4) is 0 Å². The van der Waals surface area contributed by atoms with E-state index in [-0.39, 0.29) is 5.56 Å². The second-order valence-corrected chi connectivity index (χ2v) is 5.51. The molecular formula is C17H15FN2OS. The molecule has 1 amide bonds. The summed E-state index contributed by atoms with van der Waals surface area (Å²) in [4.78, 5) is 14.1. The van der Waals surface area contributed by atoms with Crippen molar-refractivity contribution in [2.75, 3.05) is 11.4 Å². The maximum Gasteiger partial charge on any atom is 0.260 e. The van der Waals surface area contributed by atoms with E-state index in [1.165, 1.54) is 17.7 Å². The molecule has 0 saturated heterocycles. The fraction of sp³-hybridized carbons (Fsp3) is 0.176. The smallest absolute Gasteiger partial charge is 0.260 e. The third-order valence-corrected chi connectivity index (χ3v) is 4.02. The highest BCUT2D eigenvalue weighted by Gasteiger charge is 2.22. The lowest BCUT2D eigenvalue weighted by molar-refractivity contribution is 0.0973. The number of carbonyl (C=O) groups excluding carboxylic acids is 1. The van der Waals surface area contributed by atoms with E-state index in [2.05, 4.69) is 11.4 Å². The van der Waals surface area contributed by atoms with Gasteiger partial charge in [0.15, 0.2) is 5.11 Å². The van der Waals surface area contributed by atoms with Crippen LogP contribution in [0.5, 0.6) is 0 Å². The minimum Gasteiger partial charge on any atom is -0.318 e. The van der Waals surface area contributed by atoms with Gasteiger partial charge in [0.25, 0.3) is 5.91 Å². The summed E-state index contributed by atoms with van der Waals surface area (Å²) < 4.78 is 13.7. The Bertz CT molecular complexity index is 732. The number of nitrogens with one attached hydrogen (secondary N) is 1. The average molecular weight is 314 g/mol. The predicted octanol–water partition coefficient (Wildman–Crippen LogP) is 3.29. The molecule has 0 saturated carbocycles. The highest BCUT2D eigenvalue weighted by molar-refractivity contribution is 7.80. The van der Waals surface area contributed by atoms with Crippen molar-refractivity contribution in [1.29, 1.82) is 0 Å². The molecule has 1 aliphatic heterocycles. The van der Waals surface area contributed by atoms with E-state index in [9.17, 15) is 9.18 Å². The first-order valence-electron chi connectivity index (χ1n) is 7.12. The Kier molecular flexibility index (Phi) is 4.15. The van der Waals surface area contributed by atoms with Crippen LogP contribution < -0.4 is 10.2 Å². The van der Waals surface area contributed by atoms with Gasteiger partial charge in [-0.05, 0) is 48.8 Å². The number of fused-ring (bicyclic) bond motifs is 1. The number of carbonyl (C=O) groups is 1. The number of hydrogen-bond donors (Lipinski definition) is 1. The maximum atomic E-state index is 13.7. The molecule has 5 heteroatoms. The number of thiocarbonyl (C=S) groups is 1. The number of nitrogens with zero attached hydrogens (tertiary/aromatic N) is 1. The van der Waals surface area contributed by atoms with Crippen LogP contribution in [0, 0.1) is 5.82 Å². The molecule has 1 heterocycles. The first-order valence-corrected chi connectivity index (χ1v) is 7.53. The van der Waals surface area contributed by atoms with Gasteiger partial charge in [0.05, 0.1) is 5.56 Å². The second kappa shape index (κ2) is 6.23. The van der Waals surface area contributed by atoms with Gasteiger partial charge in [0.2, 0.25) is 0 Å². The highest BCUT2D eigenvalue weighted by atomic mass is 32.1. The number of hydrogen-bond acceptors (Lipinski definition) is 2. The van der Waals surface area contributed by atoms with Gasteiger partial charge in [-0.15, -0.1) is 0 Å². The van der Waals surface area contributed by atoms with Gasteiger partial charge in [-0.3, -0.25) is 10.1 Å².